The summed E-state index contributed by atoms with van der Waals surface area (Å²) in [5, 5.41) is 3.01. The molecule has 3 N–H and O–H groups in total. The number of oxazole rings is 1. The minimum Gasteiger partial charge on any atom is -0.497 e. The van der Waals surface area contributed by atoms with E-state index in [2.05, 4.69) is 15.3 Å². The molecule has 0 bridgehead atoms. The van der Waals surface area contributed by atoms with Crippen LogP contribution in [-0.4, -0.2) is 43.2 Å². The molecule has 12 heteroatoms. The fourth-order valence-corrected chi connectivity index (χ4v) is 3.71. The van der Waals surface area contributed by atoms with Crippen LogP contribution < -0.4 is 25.3 Å². The fraction of sp³-hybridized carbons (Fsp3) is 0.269. The lowest BCUT2D eigenvalue weighted by atomic mass is 10.1. The number of halogens is 3. The Balaban J connectivity index is 1.57. The molecule has 200 valence electrons. The van der Waals surface area contributed by atoms with Crippen molar-refractivity contribution in [3.63, 3.8) is 0 Å². The molecular weight excluding hydrogens is 505 g/mol. The Morgan fingerprint density at radius 1 is 1.03 bits per heavy atom. The van der Waals surface area contributed by atoms with Crippen molar-refractivity contribution >= 4 is 16.8 Å². The van der Waals surface area contributed by atoms with Gasteiger partial charge in [0.05, 0.1) is 26.8 Å². The van der Waals surface area contributed by atoms with Gasteiger partial charge in [-0.1, -0.05) is 0 Å². The third-order valence-corrected chi connectivity index (χ3v) is 5.56. The minimum atomic E-state index is -4.64. The van der Waals surface area contributed by atoms with Gasteiger partial charge in [0.2, 0.25) is 5.89 Å². The molecule has 1 amide bonds. The second-order valence-electron chi connectivity index (χ2n) is 8.21. The van der Waals surface area contributed by atoms with E-state index >= 15 is 0 Å². The van der Waals surface area contributed by atoms with Gasteiger partial charge in [-0.15, -0.1) is 0 Å². The van der Waals surface area contributed by atoms with Gasteiger partial charge in [-0.05, 0) is 55.5 Å². The van der Waals surface area contributed by atoms with Crippen LogP contribution in [0.2, 0.25) is 0 Å². The van der Waals surface area contributed by atoms with Crippen LogP contribution >= 0.6 is 0 Å². The van der Waals surface area contributed by atoms with Crippen LogP contribution in [0.5, 0.6) is 17.2 Å². The number of hydrogen-bond donors (Lipinski definition) is 2. The highest BCUT2D eigenvalue weighted by atomic mass is 19.4. The number of methoxy groups -OCH3 is 2. The topological polar surface area (TPSA) is 122 Å². The van der Waals surface area contributed by atoms with Gasteiger partial charge in [0.15, 0.2) is 11.5 Å². The van der Waals surface area contributed by atoms with E-state index in [1.165, 1.54) is 19.2 Å². The largest absolute Gasteiger partial charge is 0.497 e. The lowest BCUT2D eigenvalue weighted by Gasteiger charge is -2.11. The number of hydrogen-bond acceptors (Lipinski definition) is 8. The Morgan fingerprint density at radius 3 is 2.37 bits per heavy atom. The Labute approximate surface area is 215 Å². The van der Waals surface area contributed by atoms with Gasteiger partial charge in [0.25, 0.3) is 5.91 Å². The van der Waals surface area contributed by atoms with E-state index in [-0.39, 0.29) is 41.8 Å². The summed E-state index contributed by atoms with van der Waals surface area (Å²) in [6, 6.07) is 11.4. The highest BCUT2D eigenvalue weighted by Gasteiger charge is 2.33. The Hall–Kier alpha value is -4.32. The minimum absolute atomic E-state index is 0.00569. The molecule has 0 saturated carbocycles. The molecule has 4 rings (SSSR count). The maximum Gasteiger partial charge on any atom is 0.433 e. The highest BCUT2D eigenvalue weighted by molar-refractivity contribution is 5.98. The van der Waals surface area contributed by atoms with E-state index in [1.807, 2.05) is 0 Å². The summed E-state index contributed by atoms with van der Waals surface area (Å²) in [5.74, 6) is 1.03. The molecule has 0 saturated heterocycles. The molecule has 0 fully saturated rings. The van der Waals surface area contributed by atoms with Crippen LogP contribution in [0, 0.1) is 0 Å². The SMILES string of the molecule is COc1ccc(OCCNC(=O)c2nc(-c3ccc(OC)c4nc(C(F)(F)F)ccc34)oc2[C@H](C)N)cc1. The molecule has 0 unspecified atom stereocenters. The molecule has 2 heterocycles. The molecular formula is C26H25F3N4O5. The number of alkyl halides is 3. The molecule has 0 aliphatic heterocycles. The average molecular weight is 531 g/mol. The van der Waals surface area contributed by atoms with Gasteiger partial charge in [0.1, 0.15) is 35.1 Å². The predicted octanol–water partition coefficient (Wildman–Crippen LogP) is 4.75. The van der Waals surface area contributed by atoms with E-state index in [0.717, 1.165) is 6.07 Å². The quantitative estimate of drug-likeness (QED) is 0.297. The van der Waals surface area contributed by atoms with E-state index in [9.17, 15) is 18.0 Å². The maximum atomic E-state index is 13.3. The van der Waals surface area contributed by atoms with Crippen molar-refractivity contribution in [3.8, 4) is 28.7 Å². The van der Waals surface area contributed by atoms with Crippen LogP contribution in [0.1, 0.15) is 34.9 Å². The number of benzene rings is 2. The molecule has 0 aliphatic carbocycles. The number of nitrogens with zero attached hydrogens (tertiary/aromatic N) is 2. The Kier molecular flexibility index (Phi) is 7.72. The zero-order chi connectivity index (χ0) is 27.4. The van der Waals surface area contributed by atoms with Gasteiger partial charge in [-0.3, -0.25) is 4.79 Å². The van der Waals surface area contributed by atoms with Gasteiger partial charge in [0, 0.05) is 10.9 Å². The number of ether oxygens (including phenoxy) is 3. The summed E-state index contributed by atoms with van der Waals surface area (Å²) in [6.07, 6.45) is -4.64. The predicted molar refractivity (Wildman–Crippen MR) is 132 cm³/mol. The summed E-state index contributed by atoms with van der Waals surface area (Å²) in [4.78, 5) is 21.0. The Morgan fingerprint density at radius 2 is 1.74 bits per heavy atom. The second-order valence-corrected chi connectivity index (χ2v) is 8.21. The summed E-state index contributed by atoms with van der Waals surface area (Å²) < 4.78 is 61.5. The molecule has 38 heavy (non-hydrogen) atoms. The Bertz CT molecular complexity index is 1440. The van der Waals surface area contributed by atoms with Crippen LogP contribution in [-0.2, 0) is 6.18 Å². The summed E-state index contributed by atoms with van der Waals surface area (Å²) >= 11 is 0. The number of nitrogens with two attached hydrogens (primary N) is 1. The molecule has 9 nitrogen and oxygen atoms in total. The van der Waals surface area contributed by atoms with Crippen LogP contribution in [0.15, 0.2) is 52.9 Å². The average Bonchev–Trinajstić information content (AvgIpc) is 3.36. The third-order valence-electron chi connectivity index (χ3n) is 5.56. The molecule has 2 aromatic carbocycles. The van der Waals surface area contributed by atoms with Crippen molar-refractivity contribution in [2.45, 2.75) is 19.1 Å². The monoisotopic (exact) mass is 530 g/mol. The van der Waals surface area contributed by atoms with E-state index in [4.69, 9.17) is 24.4 Å². The van der Waals surface area contributed by atoms with E-state index in [0.29, 0.717) is 22.4 Å². The lowest BCUT2D eigenvalue weighted by molar-refractivity contribution is -0.140. The van der Waals surface area contributed by atoms with E-state index in [1.54, 1.807) is 44.4 Å². The first-order valence-electron chi connectivity index (χ1n) is 11.5. The van der Waals surface area contributed by atoms with Crippen molar-refractivity contribution < 1.29 is 36.6 Å². The zero-order valence-corrected chi connectivity index (χ0v) is 20.8. The summed E-state index contributed by atoms with van der Waals surface area (Å²) in [5.41, 5.74) is 5.21. The number of fused-ring (bicyclic) bond motifs is 1. The number of carbonyl (C=O) groups is 1. The summed E-state index contributed by atoms with van der Waals surface area (Å²) in [6.45, 7) is 1.98. The lowest BCUT2D eigenvalue weighted by Crippen LogP contribution is -2.29. The number of amides is 1. The second kappa shape index (κ2) is 11.0. The van der Waals surface area contributed by atoms with Gasteiger partial charge in [-0.2, -0.15) is 13.2 Å². The van der Waals surface area contributed by atoms with Crippen LogP contribution in [0.3, 0.4) is 0 Å². The molecule has 0 aliphatic rings. The maximum absolute atomic E-state index is 13.3. The molecule has 2 aromatic heterocycles. The zero-order valence-electron chi connectivity index (χ0n) is 20.8. The molecule has 0 spiro atoms. The standard InChI is InChI=1S/C26H25F3N4O5/c1-14(30)23-22(24(34)31-12-13-37-16-6-4-15(35-2)5-7-16)33-25(38-23)18-8-10-19(36-3)21-17(18)9-11-20(32-21)26(27,28)29/h4-11,14H,12-13,30H2,1-3H3,(H,31,34)/t14-/m0/s1. The highest BCUT2D eigenvalue weighted by Crippen LogP contribution is 2.37. The van der Waals surface area contributed by atoms with Crippen molar-refractivity contribution in [1.29, 1.82) is 0 Å². The number of nitrogens with one attached hydrogen (secondary N) is 1. The van der Waals surface area contributed by atoms with Crippen molar-refractivity contribution in [3.05, 3.63) is 65.7 Å². The van der Waals surface area contributed by atoms with E-state index < -0.39 is 23.8 Å². The van der Waals surface area contributed by atoms with Gasteiger partial charge in [-0.25, -0.2) is 9.97 Å². The first kappa shape index (κ1) is 26.7. The molecule has 1 atom stereocenters. The number of rotatable bonds is 9. The van der Waals surface area contributed by atoms with Crippen molar-refractivity contribution in [2.24, 2.45) is 5.73 Å². The van der Waals surface area contributed by atoms with Gasteiger partial charge >= 0.3 is 6.18 Å². The smallest absolute Gasteiger partial charge is 0.433 e. The first-order valence-corrected chi connectivity index (χ1v) is 11.5. The number of pyridine rings is 1. The number of aromatic nitrogens is 2. The van der Waals surface area contributed by atoms with Crippen molar-refractivity contribution in [2.75, 3.05) is 27.4 Å². The fourth-order valence-electron chi connectivity index (χ4n) is 3.71. The first-order chi connectivity index (χ1) is 18.1. The third kappa shape index (κ3) is 5.65. The van der Waals surface area contributed by atoms with Crippen molar-refractivity contribution in [1.82, 2.24) is 15.3 Å². The molecule has 4 aromatic rings. The van der Waals surface area contributed by atoms with Crippen LogP contribution in [0.4, 0.5) is 13.2 Å². The van der Waals surface area contributed by atoms with Crippen LogP contribution in [0.25, 0.3) is 22.4 Å². The number of carbonyl (C=O) groups excluding carboxylic acids is 1. The molecule has 0 radical (unpaired) electrons. The van der Waals surface area contributed by atoms with Gasteiger partial charge < -0.3 is 29.7 Å². The normalized spacial score (nSPS) is 12.3. The summed E-state index contributed by atoms with van der Waals surface area (Å²) in [7, 11) is 2.89.